The fraction of sp³-hybridized carbons (Fsp3) is 0.222. The summed E-state index contributed by atoms with van der Waals surface area (Å²) in [7, 11) is 0. The number of aliphatic carboxylic acids is 1. The van der Waals surface area contributed by atoms with Gasteiger partial charge >= 0.3 is 5.97 Å². The monoisotopic (exact) mass is 215 g/mol. The van der Waals surface area contributed by atoms with Gasteiger partial charge in [0.25, 0.3) is 0 Å². The Kier molecular flexibility index (Phi) is 2.98. The van der Waals surface area contributed by atoms with Crippen LogP contribution in [0.5, 0.6) is 5.75 Å². The van der Waals surface area contributed by atoms with E-state index in [1.165, 1.54) is 6.07 Å². The van der Waals surface area contributed by atoms with Crippen molar-refractivity contribution < 1.29 is 15.0 Å². The van der Waals surface area contributed by atoms with E-state index in [2.05, 4.69) is 0 Å². The zero-order valence-electron chi connectivity index (χ0n) is 7.49. The van der Waals surface area contributed by atoms with Crippen molar-refractivity contribution >= 4 is 17.6 Å². The van der Waals surface area contributed by atoms with Gasteiger partial charge in [-0.25, -0.2) is 0 Å². The molecule has 14 heavy (non-hydrogen) atoms. The molecule has 4 nitrogen and oxygen atoms in total. The SMILES string of the molecule is Cc1ccc(Cl)c(O)c1C(N)C(=O)O. The second kappa shape index (κ2) is 3.86. The Morgan fingerprint density at radius 1 is 1.57 bits per heavy atom. The molecule has 0 saturated carbocycles. The van der Waals surface area contributed by atoms with Crippen LogP contribution in [0, 0.1) is 6.92 Å². The van der Waals surface area contributed by atoms with Gasteiger partial charge < -0.3 is 15.9 Å². The smallest absolute Gasteiger partial charge is 0.325 e. The van der Waals surface area contributed by atoms with Crippen LogP contribution in [-0.4, -0.2) is 16.2 Å². The Morgan fingerprint density at radius 3 is 2.64 bits per heavy atom. The average Bonchev–Trinajstić information content (AvgIpc) is 2.12. The molecule has 1 atom stereocenters. The standard InChI is InChI=1S/C9H10ClNO3/c1-4-2-3-5(10)8(12)6(4)7(11)9(13)14/h2-3,7,12H,11H2,1H3,(H,13,14). The number of phenols is 1. The number of aryl methyl sites for hydroxylation is 1. The van der Waals surface area contributed by atoms with Crippen LogP contribution < -0.4 is 5.73 Å². The van der Waals surface area contributed by atoms with Gasteiger partial charge in [-0.2, -0.15) is 0 Å². The molecule has 76 valence electrons. The molecule has 0 aliphatic rings. The highest BCUT2D eigenvalue weighted by molar-refractivity contribution is 6.32. The van der Waals surface area contributed by atoms with Crippen molar-refractivity contribution in [1.29, 1.82) is 0 Å². The molecule has 1 unspecified atom stereocenters. The number of hydrogen-bond acceptors (Lipinski definition) is 3. The molecule has 0 radical (unpaired) electrons. The van der Waals surface area contributed by atoms with Crippen molar-refractivity contribution in [2.45, 2.75) is 13.0 Å². The lowest BCUT2D eigenvalue weighted by atomic mass is 10.0. The topological polar surface area (TPSA) is 83.5 Å². The van der Waals surface area contributed by atoms with E-state index in [0.717, 1.165) is 0 Å². The van der Waals surface area contributed by atoms with Gasteiger partial charge in [-0.05, 0) is 18.6 Å². The van der Waals surface area contributed by atoms with Gasteiger partial charge in [0, 0.05) is 5.56 Å². The van der Waals surface area contributed by atoms with E-state index in [-0.39, 0.29) is 16.3 Å². The molecule has 0 bridgehead atoms. The molecule has 0 aromatic heterocycles. The summed E-state index contributed by atoms with van der Waals surface area (Å²) in [6.45, 7) is 1.66. The number of hydrogen-bond donors (Lipinski definition) is 3. The van der Waals surface area contributed by atoms with Crippen molar-refractivity contribution in [3.63, 3.8) is 0 Å². The number of nitrogens with two attached hydrogens (primary N) is 1. The molecule has 0 heterocycles. The highest BCUT2D eigenvalue weighted by atomic mass is 35.5. The first-order chi connectivity index (χ1) is 6.45. The third-order valence-electron chi connectivity index (χ3n) is 1.96. The molecule has 0 aliphatic carbocycles. The first-order valence-corrected chi connectivity index (χ1v) is 4.29. The molecule has 4 N–H and O–H groups in total. The number of phenolic OH excluding ortho intramolecular Hbond substituents is 1. The van der Waals surface area contributed by atoms with Crippen LogP contribution in [0.1, 0.15) is 17.2 Å². The van der Waals surface area contributed by atoms with E-state index in [0.29, 0.717) is 5.56 Å². The Morgan fingerprint density at radius 2 is 2.14 bits per heavy atom. The van der Waals surface area contributed by atoms with Crippen molar-refractivity contribution in [2.24, 2.45) is 5.73 Å². The van der Waals surface area contributed by atoms with E-state index < -0.39 is 12.0 Å². The molecule has 0 amide bonds. The van der Waals surface area contributed by atoms with Crippen LogP contribution >= 0.6 is 11.6 Å². The van der Waals surface area contributed by atoms with E-state index in [9.17, 15) is 9.90 Å². The minimum atomic E-state index is -1.26. The fourth-order valence-corrected chi connectivity index (χ4v) is 1.36. The van der Waals surface area contributed by atoms with Crippen LogP contribution in [0.2, 0.25) is 5.02 Å². The van der Waals surface area contributed by atoms with Gasteiger partial charge in [0.2, 0.25) is 0 Å². The number of carbonyl (C=O) groups is 1. The van der Waals surface area contributed by atoms with E-state index >= 15 is 0 Å². The van der Waals surface area contributed by atoms with E-state index in [1.807, 2.05) is 0 Å². The molecule has 5 heteroatoms. The van der Waals surface area contributed by atoms with Crippen molar-refractivity contribution in [1.82, 2.24) is 0 Å². The predicted octanol–water partition coefficient (Wildman–Crippen LogP) is 1.44. The number of rotatable bonds is 2. The Hall–Kier alpha value is -1.26. The van der Waals surface area contributed by atoms with Gasteiger partial charge in [0.15, 0.2) is 0 Å². The summed E-state index contributed by atoms with van der Waals surface area (Å²) in [6.07, 6.45) is 0. The summed E-state index contributed by atoms with van der Waals surface area (Å²) in [5.41, 5.74) is 6.15. The number of carboxylic acids is 1. The highest BCUT2D eigenvalue weighted by Crippen LogP contribution is 2.33. The first kappa shape index (κ1) is 10.8. The maximum Gasteiger partial charge on any atom is 0.325 e. The summed E-state index contributed by atoms with van der Waals surface area (Å²) in [5, 5.41) is 18.3. The lowest BCUT2D eigenvalue weighted by Gasteiger charge is -2.13. The minimum absolute atomic E-state index is 0.0994. The maximum atomic E-state index is 10.6. The van der Waals surface area contributed by atoms with Crippen molar-refractivity contribution in [3.8, 4) is 5.75 Å². The molecule has 0 fully saturated rings. The van der Waals surface area contributed by atoms with Crippen LogP contribution in [0.4, 0.5) is 0 Å². The number of aromatic hydroxyl groups is 1. The molecule has 0 saturated heterocycles. The third-order valence-corrected chi connectivity index (χ3v) is 2.27. The summed E-state index contributed by atoms with van der Waals surface area (Å²) < 4.78 is 0. The van der Waals surface area contributed by atoms with Crippen molar-refractivity contribution in [2.75, 3.05) is 0 Å². The number of halogens is 1. The normalized spacial score (nSPS) is 12.5. The largest absolute Gasteiger partial charge is 0.506 e. The molecule has 1 aromatic carbocycles. The summed E-state index contributed by atoms with van der Waals surface area (Å²) >= 11 is 5.64. The van der Waals surface area contributed by atoms with Gasteiger partial charge in [0.1, 0.15) is 11.8 Å². The van der Waals surface area contributed by atoms with Crippen LogP contribution in [0.15, 0.2) is 12.1 Å². The van der Waals surface area contributed by atoms with Crippen LogP contribution in [-0.2, 0) is 4.79 Å². The van der Waals surface area contributed by atoms with Gasteiger partial charge in [-0.1, -0.05) is 17.7 Å². The Bertz CT molecular complexity index is 379. The molecular formula is C9H10ClNO3. The van der Waals surface area contributed by atoms with Crippen LogP contribution in [0.25, 0.3) is 0 Å². The number of carboxylic acid groups (broad SMARTS) is 1. The summed E-state index contributed by atoms with van der Waals surface area (Å²) in [6, 6.07) is 1.85. The lowest BCUT2D eigenvalue weighted by Crippen LogP contribution is -2.21. The van der Waals surface area contributed by atoms with Crippen molar-refractivity contribution in [3.05, 3.63) is 28.3 Å². The zero-order valence-corrected chi connectivity index (χ0v) is 8.25. The molecule has 0 aliphatic heterocycles. The Labute approximate surface area is 85.9 Å². The maximum absolute atomic E-state index is 10.6. The van der Waals surface area contributed by atoms with Crippen LogP contribution in [0.3, 0.4) is 0 Å². The van der Waals surface area contributed by atoms with E-state index in [1.54, 1.807) is 13.0 Å². The molecule has 1 aromatic rings. The highest BCUT2D eigenvalue weighted by Gasteiger charge is 2.21. The second-order valence-electron chi connectivity index (χ2n) is 2.94. The quantitative estimate of drug-likeness (QED) is 0.697. The van der Waals surface area contributed by atoms with Gasteiger partial charge in [-0.15, -0.1) is 0 Å². The first-order valence-electron chi connectivity index (χ1n) is 3.91. The molecule has 1 rings (SSSR count). The predicted molar refractivity (Wildman–Crippen MR) is 52.4 cm³/mol. The zero-order chi connectivity index (χ0) is 10.9. The fourth-order valence-electron chi connectivity index (χ4n) is 1.20. The average molecular weight is 216 g/mol. The van der Waals surface area contributed by atoms with Gasteiger partial charge in [-0.3, -0.25) is 4.79 Å². The second-order valence-corrected chi connectivity index (χ2v) is 3.35. The minimum Gasteiger partial charge on any atom is -0.506 e. The molecule has 0 spiro atoms. The third kappa shape index (κ3) is 1.81. The Balaban J connectivity index is 3.32. The summed E-state index contributed by atoms with van der Waals surface area (Å²) in [5.74, 6) is -1.47. The summed E-state index contributed by atoms with van der Waals surface area (Å²) in [4.78, 5) is 10.6. The van der Waals surface area contributed by atoms with E-state index in [4.69, 9.17) is 22.4 Å². The number of benzene rings is 1. The lowest BCUT2D eigenvalue weighted by molar-refractivity contribution is -0.138. The molecular weight excluding hydrogens is 206 g/mol. The van der Waals surface area contributed by atoms with Gasteiger partial charge in [0.05, 0.1) is 5.02 Å².